The minimum Gasteiger partial charge on any atom is -0.408 e. The first-order valence-electron chi connectivity index (χ1n) is 6.49. The molecule has 0 aliphatic rings. The van der Waals surface area contributed by atoms with Crippen molar-refractivity contribution in [3.63, 3.8) is 0 Å². The molecule has 5 nitrogen and oxygen atoms in total. The van der Waals surface area contributed by atoms with Crippen LogP contribution in [0.1, 0.15) is 26.7 Å². The molecule has 2 aromatic rings. The Hall–Kier alpha value is -1.75. The Bertz CT molecular complexity index is 620. The van der Waals surface area contributed by atoms with Crippen LogP contribution < -0.4 is 16.8 Å². The molecule has 0 spiro atoms. The molecule has 0 aliphatic heterocycles. The van der Waals surface area contributed by atoms with Crippen molar-refractivity contribution in [1.29, 1.82) is 0 Å². The molecular weight excluding hydrogens is 242 g/mol. The highest BCUT2D eigenvalue weighted by Gasteiger charge is 2.09. The average Bonchev–Trinajstić information content (AvgIpc) is 2.60. The number of aromatic nitrogens is 1. The van der Waals surface area contributed by atoms with E-state index in [2.05, 4.69) is 5.32 Å². The van der Waals surface area contributed by atoms with Crippen molar-refractivity contribution >= 4 is 16.8 Å². The number of nitrogens with two attached hydrogens (primary N) is 1. The number of benzene rings is 1. The Labute approximate surface area is 112 Å². The summed E-state index contributed by atoms with van der Waals surface area (Å²) in [6, 6.07) is 5.65. The lowest BCUT2D eigenvalue weighted by Crippen LogP contribution is -2.32. The molecule has 0 atom stereocenters. The van der Waals surface area contributed by atoms with E-state index >= 15 is 0 Å². The molecule has 3 N–H and O–H groups in total. The summed E-state index contributed by atoms with van der Waals surface area (Å²) in [6.07, 6.45) is 1.97. The molecule has 1 aromatic carbocycles. The highest BCUT2D eigenvalue weighted by molar-refractivity contribution is 5.77. The Morgan fingerprint density at radius 1 is 1.42 bits per heavy atom. The molecular formula is C14H21N3O2. The fourth-order valence-electron chi connectivity index (χ4n) is 2.01. The summed E-state index contributed by atoms with van der Waals surface area (Å²) in [6.45, 7) is 4.92. The number of aryl methyl sites for hydroxylation is 1. The summed E-state index contributed by atoms with van der Waals surface area (Å²) in [5, 5.41) is 3.33. The fraction of sp³-hybridized carbons (Fsp3) is 0.500. The molecule has 0 radical (unpaired) electrons. The second-order valence-electron chi connectivity index (χ2n) is 5.63. The molecule has 0 fully saturated rings. The molecule has 0 aliphatic carbocycles. The van der Waals surface area contributed by atoms with Crippen LogP contribution in [0.15, 0.2) is 27.4 Å². The zero-order chi connectivity index (χ0) is 14.0. The van der Waals surface area contributed by atoms with Gasteiger partial charge >= 0.3 is 5.76 Å². The number of nitrogens with one attached hydrogen (secondary N) is 1. The first-order chi connectivity index (χ1) is 8.87. The van der Waals surface area contributed by atoms with Gasteiger partial charge in [-0.2, -0.15) is 0 Å². The number of hydrogen-bond donors (Lipinski definition) is 2. The number of oxazole rings is 1. The second-order valence-corrected chi connectivity index (χ2v) is 5.63. The van der Waals surface area contributed by atoms with Gasteiger partial charge in [-0.05, 0) is 44.9 Å². The van der Waals surface area contributed by atoms with Crippen molar-refractivity contribution < 1.29 is 4.42 Å². The lowest BCUT2D eigenvalue weighted by molar-refractivity contribution is 0.465. The maximum absolute atomic E-state index is 11.4. The normalized spacial score (nSPS) is 12.0. The average molecular weight is 263 g/mol. The predicted octanol–water partition coefficient (Wildman–Crippen LogP) is 2.06. The Morgan fingerprint density at radius 2 is 2.16 bits per heavy atom. The standard InChI is InChI=1S/C14H21N3O2/c1-14(2,15)7-4-8-16-10-5-6-12-11(9-10)17(3)13(18)19-12/h5-6,9,16H,4,7-8,15H2,1-3H3. The van der Waals surface area contributed by atoms with Crippen molar-refractivity contribution in [3.05, 3.63) is 28.7 Å². The van der Waals surface area contributed by atoms with Gasteiger partial charge in [0.1, 0.15) is 0 Å². The van der Waals surface area contributed by atoms with Gasteiger partial charge in [-0.3, -0.25) is 4.57 Å². The van der Waals surface area contributed by atoms with Crippen LogP contribution in [-0.2, 0) is 7.05 Å². The summed E-state index contributed by atoms with van der Waals surface area (Å²) < 4.78 is 6.59. The van der Waals surface area contributed by atoms with Crippen LogP contribution in [0, 0.1) is 0 Å². The van der Waals surface area contributed by atoms with Gasteiger partial charge in [0.2, 0.25) is 0 Å². The van der Waals surface area contributed by atoms with Crippen LogP contribution in [0.25, 0.3) is 11.1 Å². The highest BCUT2D eigenvalue weighted by atomic mass is 16.4. The van der Waals surface area contributed by atoms with E-state index in [0.29, 0.717) is 5.58 Å². The van der Waals surface area contributed by atoms with Crippen molar-refractivity contribution in [2.24, 2.45) is 12.8 Å². The van der Waals surface area contributed by atoms with Gasteiger partial charge < -0.3 is 15.5 Å². The molecule has 1 aromatic heterocycles. The summed E-state index contributed by atoms with van der Waals surface area (Å²) in [4.78, 5) is 11.4. The van der Waals surface area contributed by atoms with Gasteiger partial charge in [0.15, 0.2) is 5.58 Å². The lowest BCUT2D eigenvalue weighted by atomic mass is 10.0. The molecule has 0 bridgehead atoms. The van der Waals surface area contributed by atoms with Crippen LogP contribution in [-0.4, -0.2) is 16.7 Å². The lowest BCUT2D eigenvalue weighted by Gasteiger charge is -2.18. The van der Waals surface area contributed by atoms with Gasteiger partial charge in [0.25, 0.3) is 0 Å². The van der Waals surface area contributed by atoms with Crippen molar-refractivity contribution in [2.75, 3.05) is 11.9 Å². The number of rotatable bonds is 5. The van der Waals surface area contributed by atoms with Gasteiger partial charge in [0.05, 0.1) is 5.52 Å². The number of nitrogens with zero attached hydrogens (tertiary/aromatic N) is 1. The van der Waals surface area contributed by atoms with E-state index in [0.717, 1.165) is 30.6 Å². The van der Waals surface area contributed by atoms with Crippen molar-refractivity contribution in [2.45, 2.75) is 32.2 Å². The van der Waals surface area contributed by atoms with Gasteiger partial charge in [-0.15, -0.1) is 0 Å². The third kappa shape index (κ3) is 3.38. The van der Waals surface area contributed by atoms with Crippen LogP contribution in [0.5, 0.6) is 0 Å². The maximum Gasteiger partial charge on any atom is 0.419 e. The number of fused-ring (bicyclic) bond motifs is 1. The van der Waals surface area contributed by atoms with E-state index in [-0.39, 0.29) is 11.3 Å². The molecule has 5 heteroatoms. The molecule has 104 valence electrons. The maximum atomic E-state index is 11.4. The Morgan fingerprint density at radius 3 is 2.84 bits per heavy atom. The quantitative estimate of drug-likeness (QED) is 0.810. The molecule has 0 unspecified atom stereocenters. The molecule has 1 heterocycles. The van der Waals surface area contributed by atoms with Gasteiger partial charge in [0, 0.05) is 24.8 Å². The van der Waals surface area contributed by atoms with Crippen molar-refractivity contribution in [1.82, 2.24) is 4.57 Å². The van der Waals surface area contributed by atoms with E-state index in [4.69, 9.17) is 10.2 Å². The minimum absolute atomic E-state index is 0.125. The summed E-state index contributed by atoms with van der Waals surface area (Å²) in [5.74, 6) is -0.336. The van der Waals surface area contributed by atoms with E-state index in [1.807, 2.05) is 32.0 Å². The Balaban J connectivity index is 2.02. The first kappa shape index (κ1) is 13.7. The molecule has 0 saturated carbocycles. The molecule has 2 rings (SSSR count). The van der Waals surface area contributed by atoms with Crippen LogP contribution in [0.2, 0.25) is 0 Å². The largest absolute Gasteiger partial charge is 0.419 e. The van der Waals surface area contributed by atoms with E-state index in [1.165, 1.54) is 4.57 Å². The van der Waals surface area contributed by atoms with Crippen LogP contribution in [0.3, 0.4) is 0 Å². The number of hydrogen-bond acceptors (Lipinski definition) is 4. The topological polar surface area (TPSA) is 73.2 Å². The number of anilines is 1. The SMILES string of the molecule is Cn1c(=O)oc2ccc(NCCCC(C)(C)N)cc21. The van der Waals surface area contributed by atoms with Crippen LogP contribution >= 0.6 is 0 Å². The summed E-state index contributed by atoms with van der Waals surface area (Å²) in [5.41, 5.74) is 8.21. The summed E-state index contributed by atoms with van der Waals surface area (Å²) in [7, 11) is 1.70. The Kier molecular flexibility index (Phi) is 3.66. The first-order valence-corrected chi connectivity index (χ1v) is 6.49. The zero-order valence-electron chi connectivity index (χ0n) is 11.7. The predicted molar refractivity (Wildman–Crippen MR) is 77.4 cm³/mol. The van der Waals surface area contributed by atoms with E-state index in [9.17, 15) is 4.79 Å². The fourth-order valence-corrected chi connectivity index (χ4v) is 2.01. The summed E-state index contributed by atoms with van der Waals surface area (Å²) >= 11 is 0. The van der Waals surface area contributed by atoms with E-state index < -0.39 is 0 Å². The monoisotopic (exact) mass is 263 g/mol. The second kappa shape index (κ2) is 5.09. The van der Waals surface area contributed by atoms with Gasteiger partial charge in [-0.25, -0.2) is 4.79 Å². The molecule has 0 amide bonds. The molecule has 0 saturated heterocycles. The third-order valence-electron chi connectivity index (χ3n) is 3.12. The minimum atomic E-state index is -0.336. The van der Waals surface area contributed by atoms with Gasteiger partial charge in [-0.1, -0.05) is 0 Å². The highest BCUT2D eigenvalue weighted by Crippen LogP contribution is 2.18. The molecule has 19 heavy (non-hydrogen) atoms. The van der Waals surface area contributed by atoms with E-state index in [1.54, 1.807) is 7.05 Å². The zero-order valence-corrected chi connectivity index (χ0v) is 11.7. The smallest absolute Gasteiger partial charge is 0.408 e. The van der Waals surface area contributed by atoms with Crippen LogP contribution in [0.4, 0.5) is 5.69 Å². The van der Waals surface area contributed by atoms with Crippen molar-refractivity contribution in [3.8, 4) is 0 Å². The third-order valence-corrected chi connectivity index (χ3v) is 3.12.